The minimum Gasteiger partial charge on any atom is -0.490 e. The zero-order chi connectivity index (χ0) is 12.4. The summed E-state index contributed by atoms with van der Waals surface area (Å²) in [6, 6.07) is 5.72. The van der Waals surface area contributed by atoms with Crippen LogP contribution in [0.2, 0.25) is 0 Å². The summed E-state index contributed by atoms with van der Waals surface area (Å²) in [5.74, 6) is 1.51. The van der Waals surface area contributed by atoms with E-state index in [2.05, 4.69) is 4.98 Å². The molecule has 4 nitrogen and oxygen atoms in total. The highest BCUT2D eigenvalue weighted by molar-refractivity contribution is 7.11. The van der Waals surface area contributed by atoms with Gasteiger partial charge in [0.15, 0.2) is 22.8 Å². The number of thiazole rings is 1. The first-order chi connectivity index (χ1) is 8.86. The molecule has 0 atom stereocenters. The Labute approximate surface area is 108 Å². The molecular weight excluding hydrogens is 250 g/mol. The lowest BCUT2D eigenvalue weighted by molar-refractivity contribution is 0.112. The lowest BCUT2D eigenvalue weighted by Gasteiger charge is -2.07. The lowest BCUT2D eigenvalue weighted by Crippen LogP contribution is -1.97. The second kappa shape index (κ2) is 4.78. The van der Waals surface area contributed by atoms with Gasteiger partial charge >= 0.3 is 0 Å². The van der Waals surface area contributed by atoms with Crippen LogP contribution in [0, 0.1) is 0 Å². The molecule has 18 heavy (non-hydrogen) atoms. The number of carbonyl (C=O) groups is 1. The fraction of sp³-hybridized carbons (Fsp3) is 0.231. The van der Waals surface area contributed by atoms with Gasteiger partial charge in [-0.1, -0.05) is 0 Å². The highest BCUT2D eigenvalue weighted by Crippen LogP contribution is 2.34. The summed E-state index contributed by atoms with van der Waals surface area (Å²) in [6.07, 6.45) is 1.65. The standard InChI is InChI=1S/C13H11NO3S/c15-7-13-14-10(8-18-13)9-2-3-11-12(6-9)17-5-1-4-16-11/h2-3,6-8H,1,4-5H2. The normalized spacial score (nSPS) is 14.0. The van der Waals surface area contributed by atoms with Crippen molar-refractivity contribution in [3.8, 4) is 22.8 Å². The van der Waals surface area contributed by atoms with Crippen molar-refractivity contribution in [2.45, 2.75) is 6.42 Å². The molecule has 92 valence electrons. The molecule has 0 spiro atoms. The number of aromatic nitrogens is 1. The van der Waals surface area contributed by atoms with Crippen LogP contribution < -0.4 is 9.47 Å². The van der Waals surface area contributed by atoms with Crippen molar-refractivity contribution in [1.29, 1.82) is 0 Å². The maximum absolute atomic E-state index is 10.6. The quantitative estimate of drug-likeness (QED) is 0.780. The van der Waals surface area contributed by atoms with Gasteiger partial charge in [-0.3, -0.25) is 4.79 Å². The van der Waals surface area contributed by atoms with Gasteiger partial charge in [0.2, 0.25) is 0 Å². The van der Waals surface area contributed by atoms with Gasteiger partial charge in [-0.2, -0.15) is 0 Å². The number of rotatable bonds is 2. The third-order valence-corrected chi connectivity index (χ3v) is 3.44. The average molecular weight is 261 g/mol. The number of benzene rings is 1. The second-order valence-electron chi connectivity index (χ2n) is 3.90. The monoisotopic (exact) mass is 261 g/mol. The number of hydrogen-bond donors (Lipinski definition) is 0. The van der Waals surface area contributed by atoms with Crippen molar-refractivity contribution in [2.24, 2.45) is 0 Å². The van der Waals surface area contributed by atoms with Gasteiger partial charge in [0, 0.05) is 17.4 Å². The van der Waals surface area contributed by atoms with Crippen LogP contribution in [0.25, 0.3) is 11.3 Å². The van der Waals surface area contributed by atoms with Crippen LogP contribution in [0.1, 0.15) is 16.2 Å². The molecule has 0 aliphatic carbocycles. The van der Waals surface area contributed by atoms with Gasteiger partial charge in [0.1, 0.15) is 0 Å². The van der Waals surface area contributed by atoms with Crippen molar-refractivity contribution >= 4 is 17.6 Å². The molecule has 0 saturated heterocycles. The maximum atomic E-state index is 10.6. The van der Waals surface area contributed by atoms with E-state index in [4.69, 9.17) is 9.47 Å². The number of hydrogen-bond acceptors (Lipinski definition) is 5. The Kier molecular flexibility index (Phi) is 2.98. The molecule has 0 saturated carbocycles. The Morgan fingerprint density at radius 2 is 2.06 bits per heavy atom. The minimum absolute atomic E-state index is 0.483. The van der Waals surface area contributed by atoms with Gasteiger partial charge in [-0.05, 0) is 18.2 Å². The molecule has 1 aromatic heterocycles. The summed E-state index contributed by atoms with van der Waals surface area (Å²) < 4.78 is 11.2. The highest BCUT2D eigenvalue weighted by Gasteiger charge is 2.12. The van der Waals surface area contributed by atoms with E-state index in [-0.39, 0.29) is 0 Å². The Morgan fingerprint density at radius 1 is 1.22 bits per heavy atom. The van der Waals surface area contributed by atoms with Crippen molar-refractivity contribution in [2.75, 3.05) is 13.2 Å². The smallest absolute Gasteiger partial charge is 0.178 e. The second-order valence-corrected chi connectivity index (χ2v) is 4.79. The van der Waals surface area contributed by atoms with Crippen molar-refractivity contribution in [3.63, 3.8) is 0 Å². The van der Waals surface area contributed by atoms with E-state index in [9.17, 15) is 4.79 Å². The molecule has 0 N–H and O–H groups in total. The number of carbonyl (C=O) groups excluding carboxylic acids is 1. The van der Waals surface area contributed by atoms with Crippen LogP contribution in [0.15, 0.2) is 23.6 Å². The van der Waals surface area contributed by atoms with E-state index in [1.165, 1.54) is 11.3 Å². The summed E-state index contributed by atoms with van der Waals surface area (Å²) in [7, 11) is 0. The van der Waals surface area contributed by atoms with Crippen LogP contribution in [-0.2, 0) is 0 Å². The summed E-state index contributed by atoms with van der Waals surface area (Å²) in [4.78, 5) is 14.9. The molecule has 0 unspecified atom stereocenters. The lowest BCUT2D eigenvalue weighted by atomic mass is 10.1. The van der Waals surface area contributed by atoms with Crippen LogP contribution in [0.3, 0.4) is 0 Å². The molecule has 0 radical (unpaired) electrons. The number of fused-ring (bicyclic) bond motifs is 1. The summed E-state index contributed by atoms with van der Waals surface area (Å²) in [5, 5.41) is 2.35. The van der Waals surface area contributed by atoms with E-state index in [1.807, 2.05) is 23.6 Å². The highest BCUT2D eigenvalue weighted by atomic mass is 32.1. The first-order valence-electron chi connectivity index (χ1n) is 5.67. The van der Waals surface area contributed by atoms with Gasteiger partial charge < -0.3 is 9.47 Å². The SMILES string of the molecule is O=Cc1nc(-c2ccc3c(c2)OCCCO3)cs1. The Bertz CT molecular complexity index is 579. The zero-order valence-electron chi connectivity index (χ0n) is 9.59. The number of ether oxygens (including phenoxy) is 2. The number of aldehydes is 1. The maximum Gasteiger partial charge on any atom is 0.178 e. The Hall–Kier alpha value is -1.88. The van der Waals surface area contributed by atoms with Crippen LogP contribution in [0.5, 0.6) is 11.5 Å². The largest absolute Gasteiger partial charge is 0.490 e. The molecule has 2 aromatic rings. The fourth-order valence-corrected chi connectivity index (χ4v) is 2.42. The Morgan fingerprint density at radius 3 is 2.83 bits per heavy atom. The molecule has 2 heterocycles. The summed E-state index contributed by atoms with van der Waals surface area (Å²) in [6.45, 7) is 1.34. The predicted octanol–water partition coefficient (Wildman–Crippen LogP) is 2.78. The average Bonchev–Trinajstić information content (AvgIpc) is 2.76. The molecule has 0 fully saturated rings. The van der Waals surface area contributed by atoms with Gasteiger partial charge in [0.05, 0.1) is 18.9 Å². The third kappa shape index (κ3) is 2.09. The van der Waals surface area contributed by atoms with E-state index < -0.39 is 0 Å². The molecule has 1 aromatic carbocycles. The fourth-order valence-electron chi connectivity index (χ4n) is 1.80. The van der Waals surface area contributed by atoms with Gasteiger partial charge in [-0.25, -0.2) is 4.98 Å². The molecule has 5 heteroatoms. The molecule has 3 rings (SSSR count). The van der Waals surface area contributed by atoms with Gasteiger partial charge in [0.25, 0.3) is 0 Å². The first kappa shape index (κ1) is 11.2. The van der Waals surface area contributed by atoms with Crippen LogP contribution >= 0.6 is 11.3 Å². The Balaban J connectivity index is 1.98. The van der Waals surface area contributed by atoms with Gasteiger partial charge in [-0.15, -0.1) is 11.3 Å². The summed E-state index contributed by atoms with van der Waals surface area (Å²) in [5.41, 5.74) is 1.72. The van der Waals surface area contributed by atoms with E-state index in [0.717, 1.165) is 35.5 Å². The minimum atomic E-state index is 0.483. The third-order valence-electron chi connectivity index (χ3n) is 2.67. The van der Waals surface area contributed by atoms with Crippen molar-refractivity contribution in [1.82, 2.24) is 4.98 Å². The number of nitrogens with zero attached hydrogens (tertiary/aromatic N) is 1. The van der Waals surface area contributed by atoms with Crippen molar-refractivity contribution < 1.29 is 14.3 Å². The zero-order valence-corrected chi connectivity index (χ0v) is 10.4. The van der Waals surface area contributed by atoms with Crippen molar-refractivity contribution in [3.05, 3.63) is 28.6 Å². The molecule has 1 aliphatic heterocycles. The topological polar surface area (TPSA) is 48.4 Å². The first-order valence-corrected chi connectivity index (χ1v) is 6.55. The van der Waals surface area contributed by atoms with E-state index in [0.29, 0.717) is 18.2 Å². The molecule has 0 bridgehead atoms. The summed E-state index contributed by atoms with van der Waals surface area (Å²) >= 11 is 1.33. The van der Waals surface area contributed by atoms with Crippen LogP contribution in [0.4, 0.5) is 0 Å². The van der Waals surface area contributed by atoms with E-state index in [1.54, 1.807) is 0 Å². The predicted molar refractivity (Wildman–Crippen MR) is 68.5 cm³/mol. The molecule has 0 amide bonds. The molecule has 1 aliphatic rings. The van der Waals surface area contributed by atoms with Crippen LogP contribution in [-0.4, -0.2) is 24.5 Å². The molecular formula is C13H11NO3S. The van der Waals surface area contributed by atoms with E-state index >= 15 is 0 Å².